The number of carbonyl (C=O) groups is 3. The van der Waals surface area contributed by atoms with Crippen LogP contribution in [-0.4, -0.2) is 79.3 Å². The van der Waals surface area contributed by atoms with E-state index >= 15 is 0 Å². The minimum absolute atomic E-state index is 0.00940. The predicted molar refractivity (Wildman–Crippen MR) is 97.4 cm³/mol. The lowest BCUT2D eigenvalue weighted by Crippen LogP contribution is -2.45. The summed E-state index contributed by atoms with van der Waals surface area (Å²) in [6.07, 6.45) is 4.83. The van der Waals surface area contributed by atoms with E-state index in [1.165, 1.54) is 0 Å². The third-order valence-corrected chi connectivity index (χ3v) is 4.43. The van der Waals surface area contributed by atoms with Crippen LogP contribution in [0.4, 0.5) is 0 Å². The van der Waals surface area contributed by atoms with Gasteiger partial charge in [0.15, 0.2) is 0 Å². The molecule has 0 saturated carbocycles. The molecule has 0 aromatic carbocycles. The van der Waals surface area contributed by atoms with Crippen molar-refractivity contribution in [3.05, 3.63) is 30.1 Å². The van der Waals surface area contributed by atoms with Gasteiger partial charge in [0.1, 0.15) is 0 Å². The standard InChI is InChI=1S/C18H27N5O3/c1-22(2)12-9-20-16(24)17(25)21-13-14-5-10-23(11-6-14)18(26)15-3-7-19-8-4-15/h3-4,7-8,14H,5-6,9-13H2,1-2H3,(H,20,24)(H,21,25). The second-order valence-electron chi connectivity index (χ2n) is 6.74. The Morgan fingerprint density at radius 1 is 1.12 bits per heavy atom. The Kier molecular flexibility index (Phi) is 7.53. The van der Waals surface area contributed by atoms with E-state index in [4.69, 9.17) is 0 Å². The number of nitrogens with one attached hydrogen (secondary N) is 2. The zero-order valence-corrected chi connectivity index (χ0v) is 15.4. The summed E-state index contributed by atoms with van der Waals surface area (Å²) in [5.41, 5.74) is 0.640. The van der Waals surface area contributed by atoms with E-state index in [1.807, 2.05) is 23.9 Å². The van der Waals surface area contributed by atoms with E-state index in [0.717, 1.165) is 12.8 Å². The van der Waals surface area contributed by atoms with E-state index in [9.17, 15) is 14.4 Å². The van der Waals surface area contributed by atoms with Crippen LogP contribution in [0.2, 0.25) is 0 Å². The first-order valence-electron chi connectivity index (χ1n) is 8.87. The van der Waals surface area contributed by atoms with Gasteiger partial charge in [-0.15, -0.1) is 0 Å². The van der Waals surface area contributed by atoms with Crippen molar-refractivity contribution < 1.29 is 14.4 Å². The Balaban J connectivity index is 1.68. The van der Waals surface area contributed by atoms with Crippen molar-refractivity contribution in [3.8, 4) is 0 Å². The molecule has 1 aromatic rings. The minimum atomic E-state index is -0.600. The van der Waals surface area contributed by atoms with E-state index in [1.54, 1.807) is 24.5 Å². The van der Waals surface area contributed by atoms with Gasteiger partial charge in [-0.3, -0.25) is 19.4 Å². The SMILES string of the molecule is CN(C)CCNC(=O)C(=O)NCC1CCN(C(=O)c2ccncc2)CC1. The molecule has 1 aliphatic heterocycles. The van der Waals surface area contributed by atoms with Crippen molar-refractivity contribution in [1.82, 2.24) is 25.4 Å². The number of nitrogens with zero attached hydrogens (tertiary/aromatic N) is 3. The molecule has 0 radical (unpaired) electrons. The normalized spacial score (nSPS) is 15.0. The van der Waals surface area contributed by atoms with Crippen LogP contribution in [0.15, 0.2) is 24.5 Å². The number of likely N-dealkylation sites (N-methyl/N-ethyl adjacent to an activating group) is 1. The van der Waals surface area contributed by atoms with Crippen LogP contribution >= 0.6 is 0 Å². The fraction of sp³-hybridized carbons (Fsp3) is 0.556. The molecule has 8 nitrogen and oxygen atoms in total. The van der Waals surface area contributed by atoms with Crippen LogP contribution < -0.4 is 10.6 Å². The van der Waals surface area contributed by atoms with Gasteiger partial charge in [0.25, 0.3) is 5.91 Å². The summed E-state index contributed by atoms with van der Waals surface area (Å²) in [4.78, 5) is 43.6. The van der Waals surface area contributed by atoms with Gasteiger partial charge < -0.3 is 20.4 Å². The molecule has 2 heterocycles. The van der Waals surface area contributed by atoms with Gasteiger partial charge in [-0.2, -0.15) is 0 Å². The first-order valence-corrected chi connectivity index (χ1v) is 8.87. The van der Waals surface area contributed by atoms with Gasteiger partial charge in [-0.25, -0.2) is 0 Å². The molecule has 0 atom stereocenters. The number of hydrogen-bond acceptors (Lipinski definition) is 5. The lowest BCUT2D eigenvalue weighted by atomic mass is 9.96. The maximum absolute atomic E-state index is 12.4. The third-order valence-electron chi connectivity index (χ3n) is 4.43. The number of amides is 3. The van der Waals surface area contributed by atoms with E-state index in [0.29, 0.717) is 38.3 Å². The van der Waals surface area contributed by atoms with Gasteiger partial charge in [-0.05, 0) is 45.0 Å². The Morgan fingerprint density at radius 3 is 2.35 bits per heavy atom. The summed E-state index contributed by atoms with van der Waals surface area (Å²) in [5, 5.41) is 5.28. The maximum Gasteiger partial charge on any atom is 0.309 e. The lowest BCUT2D eigenvalue weighted by Gasteiger charge is -2.32. The number of rotatable bonds is 6. The van der Waals surface area contributed by atoms with Gasteiger partial charge in [0, 0.05) is 50.7 Å². The second-order valence-corrected chi connectivity index (χ2v) is 6.74. The molecule has 2 N–H and O–H groups in total. The van der Waals surface area contributed by atoms with Crippen LogP contribution in [0.5, 0.6) is 0 Å². The number of piperidine rings is 1. The molecule has 0 unspecified atom stereocenters. The highest BCUT2D eigenvalue weighted by Gasteiger charge is 2.24. The molecular formula is C18H27N5O3. The molecule has 2 rings (SSSR count). The molecule has 3 amide bonds. The topological polar surface area (TPSA) is 94.6 Å². The average molecular weight is 361 g/mol. The number of pyridine rings is 1. The first kappa shape index (κ1) is 19.8. The summed E-state index contributed by atoms with van der Waals surface area (Å²) < 4.78 is 0. The Morgan fingerprint density at radius 2 is 1.73 bits per heavy atom. The number of aromatic nitrogens is 1. The van der Waals surface area contributed by atoms with Gasteiger partial charge in [0.05, 0.1) is 0 Å². The molecule has 142 valence electrons. The zero-order valence-electron chi connectivity index (χ0n) is 15.4. The summed E-state index contributed by atoms with van der Waals surface area (Å²) in [6, 6.07) is 3.42. The largest absolute Gasteiger partial charge is 0.348 e. The van der Waals surface area contributed by atoms with Gasteiger partial charge >= 0.3 is 11.8 Å². The Labute approximate surface area is 153 Å². The highest BCUT2D eigenvalue weighted by atomic mass is 16.2. The molecule has 1 aromatic heterocycles. The zero-order chi connectivity index (χ0) is 18.9. The van der Waals surface area contributed by atoms with Crippen LogP contribution in [0.25, 0.3) is 0 Å². The second kappa shape index (κ2) is 9.86. The fourth-order valence-corrected chi connectivity index (χ4v) is 2.81. The van der Waals surface area contributed by atoms with Crippen molar-refractivity contribution in [1.29, 1.82) is 0 Å². The van der Waals surface area contributed by atoms with Crippen molar-refractivity contribution >= 4 is 17.7 Å². The van der Waals surface area contributed by atoms with Gasteiger partial charge in [0.2, 0.25) is 0 Å². The van der Waals surface area contributed by atoms with E-state index in [-0.39, 0.29) is 11.8 Å². The maximum atomic E-state index is 12.4. The average Bonchev–Trinajstić information content (AvgIpc) is 2.66. The summed E-state index contributed by atoms with van der Waals surface area (Å²) in [6.45, 7) is 2.88. The number of hydrogen-bond donors (Lipinski definition) is 2. The predicted octanol–water partition coefficient (Wildman–Crippen LogP) is -0.272. The van der Waals surface area contributed by atoms with Crippen molar-refractivity contribution in [2.75, 3.05) is 46.8 Å². The molecular weight excluding hydrogens is 334 g/mol. The van der Waals surface area contributed by atoms with Crippen LogP contribution in [-0.2, 0) is 9.59 Å². The third kappa shape index (κ3) is 6.11. The van der Waals surface area contributed by atoms with Crippen molar-refractivity contribution in [2.24, 2.45) is 5.92 Å². The first-order chi connectivity index (χ1) is 12.5. The highest BCUT2D eigenvalue weighted by molar-refractivity contribution is 6.35. The van der Waals surface area contributed by atoms with Crippen LogP contribution in [0, 0.1) is 5.92 Å². The molecule has 8 heteroatoms. The quantitative estimate of drug-likeness (QED) is 0.680. The summed E-state index contributed by atoms with van der Waals surface area (Å²) in [5.74, 6) is -0.915. The minimum Gasteiger partial charge on any atom is -0.348 e. The lowest BCUT2D eigenvalue weighted by molar-refractivity contribution is -0.139. The monoisotopic (exact) mass is 361 g/mol. The fourth-order valence-electron chi connectivity index (χ4n) is 2.81. The molecule has 0 bridgehead atoms. The van der Waals surface area contributed by atoms with Crippen molar-refractivity contribution in [2.45, 2.75) is 12.8 Å². The van der Waals surface area contributed by atoms with Crippen molar-refractivity contribution in [3.63, 3.8) is 0 Å². The van der Waals surface area contributed by atoms with Gasteiger partial charge in [-0.1, -0.05) is 0 Å². The molecule has 1 saturated heterocycles. The smallest absolute Gasteiger partial charge is 0.309 e. The van der Waals surface area contributed by atoms with Crippen LogP contribution in [0.3, 0.4) is 0 Å². The summed E-state index contributed by atoms with van der Waals surface area (Å²) in [7, 11) is 3.80. The molecule has 1 fully saturated rings. The van der Waals surface area contributed by atoms with E-state index < -0.39 is 11.8 Å². The Bertz CT molecular complexity index is 613. The Hall–Kier alpha value is -2.48. The van der Waals surface area contributed by atoms with E-state index in [2.05, 4.69) is 15.6 Å². The highest BCUT2D eigenvalue weighted by Crippen LogP contribution is 2.18. The van der Waals surface area contributed by atoms with Crippen LogP contribution in [0.1, 0.15) is 23.2 Å². The molecule has 0 aliphatic carbocycles. The molecule has 0 spiro atoms. The molecule has 26 heavy (non-hydrogen) atoms. The number of carbonyl (C=O) groups excluding carboxylic acids is 3. The summed E-state index contributed by atoms with van der Waals surface area (Å²) >= 11 is 0. The molecule has 1 aliphatic rings. The number of likely N-dealkylation sites (tertiary alicyclic amines) is 1.